The lowest BCUT2D eigenvalue weighted by atomic mass is 9.95. The molecule has 11 heteroatoms. The Labute approximate surface area is 176 Å². The molecule has 2 aromatic carbocycles. The highest BCUT2D eigenvalue weighted by Gasteiger charge is 2.36. The van der Waals surface area contributed by atoms with Gasteiger partial charge in [0.05, 0.1) is 16.2 Å². The summed E-state index contributed by atoms with van der Waals surface area (Å²) in [5.74, 6) is -4.39. The molecule has 0 atom stereocenters. The molecule has 0 bridgehead atoms. The van der Waals surface area contributed by atoms with Crippen molar-refractivity contribution in [2.75, 3.05) is 18.4 Å². The third-order valence-electron chi connectivity index (χ3n) is 4.86. The van der Waals surface area contributed by atoms with Crippen LogP contribution in [0.5, 0.6) is 0 Å². The lowest BCUT2D eigenvalue weighted by Gasteiger charge is -2.35. The molecule has 30 heavy (non-hydrogen) atoms. The van der Waals surface area contributed by atoms with Gasteiger partial charge in [0.25, 0.3) is 5.91 Å². The second-order valence-electron chi connectivity index (χ2n) is 7.25. The molecule has 2 N–H and O–H groups in total. The fraction of sp³-hybridized carbons (Fsp3) is 0.316. The number of halogens is 4. The van der Waals surface area contributed by atoms with Gasteiger partial charge in [-0.2, -0.15) is 4.31 Å². The normalized spacial score (nSPS) is 17.0. The van der Waals surface area contributed by atoms with Crippen molar-refractivity contribution in [3.05, 3.63) is 58.4 Å². The Hall–Kier alpha value is -2.14. The molecule has 6 nitrogen and oxygen atoms in total. The van der Waals surface area contributed by atoms with E-state index in [4.69, 9.17) is 11.6 Å². The molecular weight excluding hydrogens is 445 g/mol. The number of amides is 1. The number of piperidine rings is 1. The molecule has 1 aliphatic rings. The number of aliphatic hydroxyl groups is 1. The minimum absolute atomic E-state index is 0.0396. The monoisotopic (exact) mass is 462 g/mol. The van der Waals surface area contributed by atoms with Gasteiger partial charge in [0.1, 0.15) is 22.3 Å². The van der Waals surface area contributed by atoms with Crippen LogP contribution in [0.1, 0.15) is 30.1 Å². The molecule has 1 heterocycles. The first-order valence-corrected chi connectivity index (χ1v) is 10.7. The van der Waals surface area contributed by atoms with E-state index in [2.05, 4.69) is 5.32 Å². The van der Waals surface area contributed by atoms with E-state index in [-0.39, 0.29) is 36.6 Å². The molecule has 0 aliphatic carbocycles. The number of benzene rings is 2. The van der Waals surface area contributed by atoms with Gasteiger partial charge in [-0.25, -0.2) is 21.6 Å². The van der Waals surface area contributed by atoms with E-state index < -0.39 is 49.4 Å². The average molecular weight is 463 g/mol. The average Bonchev–Trinajstić information content (AvgIpc) is 2.64. The summed E-state index contributed by atoms with van der Waals surface area (Å²) < 4.78 is 68.5. The van der Waals surface area contributed by atoms with Crippen molar-refractivity contribution in [3.8, 4) is 0 Å². The van der Waals surface area contributed by atoms with Crippen LogP contribution in [0.2, 0.25) is 5.02 Å². The number of nitrogens with one attached hydrogen (secondary N) is 1. The van der Waals surface area contributed by atoms with Crippen molar-refractivity contribution in [3.63, 3.8) is 0 Å². The maximum absolute atomic E-state index is 14.3. The fourth-order valence-electron chi connectivity index (χ4n) is 3.02. The smallest absolute Gasteiger partial charge is 0.258 e. The molecule has 2 aromatic rings. The second-order valence-corrected chi connectivity index (χ2v) is 9.56. The molecule has 0 unspecified atom stereocenters. The number of carbonyl (C=O) groups is 1. The molecule has 1 amide bonds. The summed E-state index contributed by atoms with van der Waals surface area (Å²) in [5, 5.41) is 12.0. The van der Waals surface area contributed by atoms with Crippen LogP contribution >= 0.6 is 11.6 Å². The molecule has 0 aromatic heterocycles. The zero-order chi connectivity index (χ0) is 22.3. The highest BCUT2D eigenvalue weighted by molar-refractivity contribution is 7.89. The van der Waals surface area contributed by atoms with Crippen LogP contribution in [-0.2, 0) is 10.0 Å². The summed E-state index contributed by atoms with van der Waals surface area (Å²) in [6, 6.07) is 4.19. The Balaban J connectivity index is 1.91. The van der Waals surface area contributed by atoms with E-state index in [0.29, 0.717) is 12.1 Å². The molecule has 162 valence electrons. The number of sulfonamides is 1. The number of rotatable bonds is 4. The summed E-state index contributed by atoms with van der Waals surface area (Å²) in [4.78, 5) is 11.6. The van der Waals surface area contributed by atoms with Crippen molar-refractivity contribution < 1.29 is 31.5 Å². The number of hydrogen-bond acceptors (Lipinski definition) is 4. The Bertz CT molecular complexity index is 1100. The molecule has 0 spiro atoms. The van der Waals surface area contributed by atoms with Gasteiger partial charge in [-0.3, -0.25) is 4.79 Å². The second kappa shape index (κ2) is 8.18. The zero-order valence-electron chi connectivity index (χ0n) is 15.8. The van der Waals surface area contributed by atoms with Gasteiger partial charge in [0.15, 0.2) is 0 Å². The van der Waals surface area contributed by atoms with Gasteiger partial charge < -0.3 is 10.4 Å². The lowest BCUT2D eigenvalue weighted by molar-refractivity contribution is 0.0125. The van der Waals surface area contributed by atoms with Gasteiger partial charge in [-0.1, -0.05) is 11.6 Å². The summed E-state index contributed by atoms with van der Waals surface area (Å²) in [7, 11) is -4.37. The predicted octanol–water partition coefficient (Wildman–Crippen LogP) is 3.55. The number of carbonyl (C=O) groups excluding carboxylic acids is 1. The molecule has 1 aliphatic heterocycles. The molecule has 0 radical (unpaired) electrons. The van der Waals surface area contributed by atoms with Crippen LogP contribution in [-0.4, -0.2) is 42.4 Å². The fourth-order valence-corrected chi connectivity index (χ4v) is 4.71. The van der Waals surface area contributed by atoms with Gasteiger partial charge in [0, 0.05) is 24.8 Å². The van der Waals surface area contributed by atoms with Crippen LogP contribution < -0.4 is 5.32 Å². The summed E-state index contributed by atoms with van der Waals surface area (Å²) in [6.45, 7) is 1.46. The van der Waals surface area contributed by atoms with Crippen molar-refractivity contribution >= 4 is 33.2 Å². The SMILES string of the molecule is CC1(O)CCN(S(=O)(=O)c2cc(C(=O)Nc3ccc(F)c(Cl)c3)c(F)cc2F)CC1. The molecule has 3 rings (SSSR count). The number of hydrogen-bond donors (Lipinski definition) is 2. The largest absolute Gasteiger partial charge is 0.390 e. The van der Waals surface area contributed by atoms with Crippen LogP contribution in [0.25, 0.3) is 0 Å². The van der Waals surface area contributed by atoms with Crippen molar-refractivity contribution in [2.24, 2.45) is 0 Å². The van der Waals surface area contributed by atoms with Gasteiger partial charge in [0.2, 0.25) is 10.0 Å². The van der Waals surface area contributed by atoms with E-state index in [9.17, 15) is 31.5 Å². The topological polar surface area (TPSA) is 86.7 Å². The molecule has 1 saturated heterocycles. The molecule has 1 fully saturated rings. The lowest BCUT2D eigenvalue weighted by Crippen LogP contribution is -2.45. The van der Waals surface area contributed by atoms with Crippen molar-refractivity contribution in [1.82, 2.24) is 4.31 Å². The summed E-state index contributed by atoms with van der Waals surface area (Å²) >= 11 is 5.63. The number of anilines is 1. The highest BCUT2D eigenvalue weighted by atomic mass is 35.5. The van der Waals surface area contributed by atoms with Crippen molar-refractivity contribution in [1.29, 1.82) is 0 Å². The standard InChI is InChI=1S/C19H18ClF3N2O4S/c1-19(27)4-6-25(7-5-19)30(28,29)17-9-12(15(22)10-16(17)23)18(26)24-11-2-3-14(21)13(20)8-11/h2-3,8-10,27H,4-7H2,1H3,(H,24,26). The van der Waals surface area contributed by atoms with Crippen molar-refractivity contribution in [2.45, 2.75) is 30.3 Å². The summed E-state index contributed by atoms with van der Waals surface area (Å²) in [5.41, 5.74) is -1.70. The minimum Gasteiger partial charge on any atom is -0.390 e. The van der Waals surface area contributed by atoms with E-state index >= 15 is 0 Å². The first kappa shape index (κ1) is 22.5. The van der Waals surface area contributed by atoms with Crippen LogP contribution in [0.4, 0.5) is 18.9 Å². The Kier molecular flexibility index (Phi) is 6.15. The van der Waals surface area contributed by atoms with Crippen LogP contribution in [0, 0.1) is 17.5 Å². The van der Waals surface area contributed by atoms with E-state index in [0.717, 1.165) is 16.4 Å². The van der Waals surface area contributed by atoms with Gasteiger partial charge in [-0.15, -0.1) is 0 Å². The summed E-state index contributed by atoms with van der Waals surface area (Å²) in [6.07, 6.45) is 0.293. The predicted molar refractivity (Wildman–Crippen MR) is 104 cm³/mol. The third kappa shape index (κ3) is 4.61. The quantitative estimate of drug-likeness (QED) is 0.727. The maximum Gasteiger partial charge on any atom is 0.258 e. The van der Waals surface area contributed by atoms with E-state index in [1.54, 1.807) is 6.92 Å². The third-order valence-corrected chi connectivity index (χ3v) is 7.06. The Morgan fingerprint density at radius 3 is 2.33 bits per heavy atom. The maximum atomic E-state index is 14.3. The van der Waals surface area contributed by atoms with E-state index in [1.165, 1.54) is 6.07 Å². The first-order valence-electron chi connectivity index (χ1n) is 8.89. The van der Waals surface area contributed by atoms with Crippen LogP contribution in [0.15, 0.2) is 35.2 Å². The molecule has 0 saturated carbocycles. The minimum atomic E-state index is -4.37. The Morgan fingerprint density at radius 2 is 1.73 bits per heavy atom. The Morgan fingerprint density at radius 1 is 1.10 bits per heavy atom. The zero-order valence-corrected chi connectivity index (χ0v) is 17.3. The van der Waals surface area contributed by atoms with Gasteiger partial charge >= 0.3 is 0 Å². The first-order chi connectivity index (χ1) is 13.9. The van der Waals surface area contributed by atoms with Crippen LogP contribution in [0.3, 0.4) is 0 Å². The van der Waals surface area contributed by atoms with Gasteiger partial charge in [-0.05, 0) is 44.0 Å². The molecular formula is C19H18ClF3N2O4S. The number of nitrogens with zero attached hydrogens (tertiary/aromatic N) is 1. The highest BCUT2D eigenvalue weighted by Crippen LogP contribution is 2.29. The van der Waals surface area contributed by atoms with E-state index in [1.807, 2.05) is 0 Å².